The Morgan fingerprint density at radius 2 is 1.80 bits per heavy atom. The Bertz CT molecular complexity index is 1850. The number of hydrogen-bond donors (Lipinski definition) is 2. The monoisotopic (exact) mass is 643 g/mol. The largest absolute Gasteiger partial charge is 0.347 e. The zero-order valence-electron chi connectivity index (χ0n) is 23.7. The van der Waals surface area contributed by atoms with Crippen LogP contribution in [-0.4, -0.2) is 74.4 Å². The lowest BCUT2D eigenvalue weighted by Gasteiger charge is -2.28. The van der Waals surface area contributed by atoms with Crippen LogP contribution in [0.15, 0.2) is 60.2 Å². The number of thiazole rings is 1. The lowest BCUT2D eigenvalue weighted by Crippen LogP contribution is -2.57. The van der Waals surface area contributed by atoms with Gasteiger partial charge in [-0.1, -0.05) is 6.07 Å². The zero-order valence-corrected chi connectivity index (χ0v) is 25.3. The smallest absolute Gasteiger partial charge is 0.330 e. The first kappa shape index (κ1) is 30.7. The summed E-state index contributed by atoms with van der Waals surface area (Å²) < 4.78 is 58.6. The molecule has 1 aliphatic rings. The van der Waals surface area contributed by atoms with Crippen molar-refractivity contribution in [1.82, 2.24) is 24.9 Å². The topological polar surface area (TPSA) is 145 Å². The Morgan fingerprint density at radius 3 is 2.50 bits per heavy atom. The van der Waals surface area contributed by atoms with Crippen molar-refractivity contribution >= 4 is 61.1 Å². The highest BCUT2D eigenvalue weighted by atomic mass is 32.2. The molecule has 2 atom stereocenters. The minimum atomic E-state index is -4.74. The Balaban J connectivity index is 1.42. The third-order valence-electron chi connectivity index (χ3n) is 6.98. The van der Waals surface area contributed by atoms with E-state index in [0.29, 0.717) is 22.8 Å². The van der Waals surface area contributed by atoms with Gasteiger partial charge >= 0.3 is 16.2 Å². The van der Waals surface area contributed by atoms with Gasteiger partial charge in [-0.3, -0.25) is 9.59 Å². The van der Waals surface area contributed by atoms with Gasteiger partial charge in [0.1, 0.15) is 29.5 Å². The number of nitrogens with zero attached hydrogens (tertiary/aromatic N) is 5. The Morgan fingerprint density at radius 1 is 1.07 bits per heavy atom. The molecule has 4 aromatic rings. The highest BCUT2D eigenvalue weighted by Gasteiger charge is 2.44. The molecule has 0 fully saturated rings. The summed E-state index contributed by atoms with van der Waals surface area (Å²) in [5.41, 5.74) is 3.23. The molecular weight excluding hydrogens is 616 g/mol. The molecule has 0 bridgehead atoms. The lowest BCUT2D eigenvalue weighted by atomic mass is 10.0. The molecule has 0 aliphatic carbocycles. The number of aromatic nitrogens is 2. The van der Waals surface area contributed by atoms with Crippen LogP contribution in [0.5, 0.6) is 0 Å². The highest BCUT2D eigenvalue weighted by molar-refractivity contribution is 7.91. The van der Waals surface area contributed by atoms with E-state index in [0.717, 1.165) is 21.1 Å². The van der Waals surface area contributed by atoms with Crippen LogP contribution in [0.3, 0.4) is 0 Å². The van der Waals surface area contributed by atoms with Gasteiger partial charge in [-0.25, -0.2) is 32.6 Å². The Kier molecular flexibility index (Phi) is 8.47. The number of urea groups is 1. The number of fused-ring (bicyclic) bond motifs is 2. The van der Waals surface area contributed by atoms with Crippen molar-refractivity contribution < 1.29 is 31.6 Å². The first-order valence-corrected chi connectivity index (χ1v) is 15.5. The van der Waals surface area contributed by atoms with Crippen LogP contribution in [-0.2, 0) is 32.6 Å². The summed E-state index contributed by atoms with van der Waals surface area (Å²) in [5.74, 6) is -3.04. The van der Waals surface area contributed by atoms with Gasteiger partial charge in [-0.15, -0.1) is 11.3 Å². The van der Waals surface area contributed by atoms with Crippen LogP contribution in [0.2, 0.25) is 0 Å². The number of amides is 4. The van der Waals surface area contributed by atoms with E-state index in [2.05, 4.69) is 15.3 Å². The fourth-order valence-electron chi connectivity index (χ4n) is 4.93. The second-order valence-corrected chi connectivity index (χ2v) is 12.7. The van der Waals surface area contributed by atoms with Gasteiger partial charge in [-0.05, 0) is 47.5 Å². The molecule has 12 nitrogen and oxygen atoms in total. The van der Waals surface area contributed by atoms with Crippen molar-refractivity contribution in [3.63, 3.8) is 0 Å². The molecule has 2 aromatic carbocycles. The minimum absolute atomic E-state index is 0.0203. The number of pyridine rings is 1. The van der Waals surface area contributed by atoms with E-state index in [1.165, 1.54) is 48.5 Å². The molecule has 4 amide bonds. The van der Waals surface area contributed by atoms with E-state index < -0.39 is 51.8 Å². The maximum absolute atomic E-state index is 14.0. The van der Waals surface area contributed by atoms with Gasteiger partial charge in [0.15, 0.2) is 0 Å². The number of hydrogen-bond acceptors (Lipinski definition) is 8. The van der Waals surface area contributed by atoms with E-state index in [9.17, 15) is 31.6 Å². The molecule has 44 heavy (non-hydrogen) atoms. The molecule has 2 N–H and O–H groups in total. The van der Waals surface area contributed by atoms with Crippen LogP contribution in [0.4, 0.5) is 25.1 Å². The summed E-state index contributed by atoms with van der Waals surface area (Å²) in [7, 11) is -0.359. The van der Waals surface area contributed by atoms with Crippen molar-refractivity contribution in [3.8, 4) is 0 Å². The van der Waals surface area contributed by atoms with Crippen LogP contribution in [0.1, 0.15) is 11.1 Å². The number of anilines is 2. The van der Waals surface area contributed by atoms with Gasteiger partial charge in [0.25, 0.3) is 0 Å². The van der Waals surface area contributed by atoms with Gasteiger partial charge in [0, 0.05) is 51.9 Å². The average molecular weight is 644 g/mol. The molecule has 5 rings (SSSR count). The molecule has 16 heteroatoms. The molecule has 2 aromatic heterocycles. The van der Waals surface area contributed by atoms with E-state index in [1.54, 1.807) is 35.8 Å². The lowest BCUT2D eigenvalue weighted by molar-refractivity contribution is -0.129. The molecule has 0 radical (unpaired) electrons. The quantitative estimate of drug-likeness (QED) is 0.300. The maximum Gasteiger partial charge on any atom is 0.330 e. The molecular formula is C28H27F2N7O5S2. The standard InChI is InChI=1S/C28H27F2N7O5S2/c1-35(2)27(39)23-12-17-5-4-8-31-25(17)37(23)44(41,42)34-28(40)33-22(11-16-9-18(29)13-19(30)10-16)26(38)36(3)20-6-7-24-21(14-20)32-15-43-24/h4-10,13-15,22-23H,11-12H2,1-3H3,(H2,33,34,40)/t22-,23?/m0/s1. The van der Waals surface area contributed by atoms with E-state index >= 15 is 0 Å². The number of likely N-dealkylation sites (N-methyl/N-ethyl adjacent to an activating group) is 2. The van der Waals surface area contributed by atoms with Crippen LogP contribution in [0, 0.1) is 11.6 Å². The second kappa shape index (κ2) is 12.1. The summed E-state index contributed by atoms with van der Waals surface area (Å²) in [6, 6.07) is 7.01. The number of nitrogens with one attached hydrogen (secondary N) is 2. The Hall–Kier alpha value is -4.70. The van der Waals surface area contributed by atoms with Crippen molar-refractivity contribution in [3.05, 3.63) is 83.0 Å². The predicted octanol–water partition coefficient (Wildman–Crippen LogP) is 2.61. The fourth-order valence-corrected chi connectivity index (χ4v) is 6.87. The minimum Gasteiger partial charge on any atom is -0.347 e. The summed E-state index contributed by atoms with van der Waals surface area (Å²) in [6.45, 7) is 0. The zero-order chi connectivity index (χ0) is 31.8. The van der Waals surface area contributed by atoms with Crippen molar-refractivity contribution in [2.45, 2.75) is 24.9 Å². The van der Waals surface area contributed by atoms with Gasteiger partial charge < -0.3 is 15.1 Å². The number of rotatable bonds is 8. The first-order chi connectivity index (χ1) is 20.8. The fraction of sp³-hybridized carbons (Fsp3) is 0.250. The van der Waals surface area contributed by atoms with Crippen LogP contribution in [0.25, 0.3) is 10.2 Å². The number of halogens is 2. The molecule has 1 aliphatic heterocycles. The van der Waals surface area contributed by atoms with Crippen molar-refractivity contribution in [2.24, 2.45) is 0 Å². The second-order valence-electron chi connectivity index (χ2n) is 10.3. The molecule has 230 valence electrons. The third-order valence-corrected chi connectivity index (χ3v) is 9.18. The number of carbonyl (C=O) groups excluding carboxylic acids is 3. The van der Waals surface area contributed by atoms with E-state index in [1.807, 2.05) is 4.72 Å². The van der Waals surface area contributed by atoms with Crippen LogP contribution >= 0.6 is 11.3 Å². The van der Waals surface area contributed by atoms with E-state index in [-0.39, 0.29) is 24.2 Å². The summed E-state index contributed by atoms with van der Waals surface area (Å²) >= 11 is 1.41. The normalized spacial score (nSPS) is 15.0. The van der Waals surface area contributed by atoms with Crippen molar-refractivity contribution in [1.29, 1.82) is 0 Å². The summed E-state index contributed by atoms with van der Waals surface area (Å²) in [5, 5.41) is 2.34. The third kappa shape index (κ3) is 6.30. The molecule has 0 saturated carbocycles. The molecule has 3 heterocycles. The molecule has 0 saturated heterocycles. The van der Waals surface area contributed by atoms with E-state index in [4.69, 9.17) is 0 Å². The predicted molar refractivity (Wildman–Crippen MR) is 160 cm³/mol. The summed E-state index contributed by atoms with van der Waals surface area (Å²) in [4.78, 5) is 50.6. The van der Waals surface area contributed by atoms with Gasteiger partial charge in [0.2, 0.25) is 11.8 Å². The first-order valence-electron chi connectivity index (χ1n) is 13.2. The average Bonchev–Trinajstić information content (AvgIpc) is 3.59. The summed E-state index contributed by atoms with van der Waals surface area (Å²) in [6.07, 6.45) is 1.01. The Labute approximate surface area is 255 Å². The maximum atomic E-state index is 14.0. The number of benzene rings is 2. The van der Waals surface area contributed by atoms with Gasteiger partial charge in [-0.2, -0.15) is 8.42 Å². The highest BCUT2D eigenvalue weighted by Crippen LogP contribution is 2.32. The number of carbonyl (C=O) groups is 3. The van der Waals surface area contributed by atoms with Gasteiger partial charge in [0.05, 0.1) is 15.7 Å². The van der Waals surface area contributed by atoms with Crippen LogP contribution < -0.4 is 19.2 Å². The SMILES string of the molecule is CN(C)C(=O)C1Cc2cccnc2N1S(=O)(=O)NC(=O)N[C@@H](Cc1cc(F)cc(F)c1)C(=O)N(C)c1ccc2scnc2c1. The molecule has 1 unspecified atom stereocenters. The van der Waals surface area contributed by atoms with Crippen molar-refractivity contribution in [2.75, 3.05) is 30.3 Å². The molecule has 0 spiro atoms.